The largest absolute Gasteiger partial charge is 0.395 e. The number of aryl methyl sites for hydroxylation is 1. The minimum atomic E-state index is -0.507. The summed E-state index contributed by atoms with van der Waals surface area (Å²) < 4.78 is 4.74. The van der Waals surface area contributed by atoms with Crippen molar-refractivity contribution in [2.45, 2.75) is 13.8 Å². The number of aliphatic hydroxyl groups excluding tert-OH is 1. The molecular weight excluding hydrogens is 524 g/mol. The molecule has 5 rings (SSSR count). The molecule has 1 amide bonds. The lowest BCUT2D eigenvalue weighted by Crippen LogP contribution is -2.33. The van der Waals surface area contributed by atoms with Gasteiger partial charge in [-0.05, 0) is 43.7 Å². The van der Waals surface area contributed by atoms with Gasteiger partial charge < -0.3 is 10.4 Å². The van der Waals surface area contributed by atoms with Crippen LogP contribution in [0.25, 0.3) is 17.4 Å². The van der Waals surface area contributed by atoms with Crippen molar-refractivity contribution in [3.8, 4) is 5.69 Å². The highest BCUT2D eigenvalue weighted by molar-refractivity contribution is 8.27. The van der Waals surface area contributed by atoms with Gasteiger partial charge in [-0.1, -0.05) is 48.2 Å². The molecule has 4 heterocycles. The summed E-state index contributed by atoms with van der Waals surface area (Å²) in [6, 6.07) is 12.7. The Morgan fingerprint density at radius 3 is 2.53 bits per heavy atom. The van der Waals surface area contributed by atoms with E-state index in [1.54, 1.807) is 43.0 Å². The molecule has 3 aromatic heterocycles. The number of thiocarbonyl (C=S) groups is 1. The van der Waals surface area contributed by atoms with E-state index in [2.05, 4.69) is 10.3 Å². The van der Waals surface area contributed by atoms with E-state index < -0.39 is 5.91 Å². The molecule has 1 aliphatic rings. The van der Waals surface area contributed by atoms with Gasteiger partial charge in [0, 0.05) is 19.8 Å². The molecule has 1 aliphatic heterocycles. The number of aliphatic hydroxyl groups is 1. The number of carbonyl (C=O) groups is 1. The van der Waals surface area contributed by atoms with Crippen LogP contribution in [0.15, 0.2) is 63.2 Å². The first kappa shape index (κ1) is 25.6. The van der Waals surface area contributed by atoms with Crippen LogP contribution in [-0.4, -0.2) is 47.2 Å². The number of amides is 1. The van der Waals surface area contributed by atoms with Gasteiger partial charge in [-0.15, -0.1) is 0 Å². The van der Waals surface area contributed by atoms with Gasteiger partial charge in [0.1, 0.15) is 17.2 Å². The van der Waals surface area contributed by atoms with Crippen molar-refractivity contribution in [1.82, 2.24) is 18.7 Å². The van der Waals surface area contributed by atoms with Gasteiger partial charge in [0.15, 0.2) is 4.32 Å². The van der Waals surface area contributed by atoms with E-state index in [9.17, 15) is 19.5 Å². The molecule has 10 nitrogen and oxygen atoms in total. The SMILES string of the molecule is Cc1cccn2c(=O)c(/C=C3/SC(=S)N(c4c(C)n(C)n(-c5ccccc5)c4=O)C3=O)c(NCCO)nc12. The van der Waals surface area contributed by atoms with E-state index >= 15 is 0 Å². The number of pyridine rings is 1. The van der Waals surface area contributed by atoms with Crippen LogP contribution >= 0.6 is 24.0 Å². The number of hydrogen-bond donors (Lipinski definition) is 2. The number of anilines is 2. The second kappa shape index (κ2) is 10.0. The summed E-state index contributed by atoms with van der Waals surface area (Å²) in [5.41, 5.74) is 2.00. The van der Waals surface area contributed by atoms with Crippen LogP contribution in [0.3, 0.4) is 0 Å². The molecule has 1 aromatic carbocycles. The van der Waals surface area contributed by atoms with E-state index in [1.807, 2.05) is 31.2 Å². The lowest BCUT2D eigenvalue weighted by molar-refractivity contribution is -0.113. The van der Waals surface area contributed by atoms with Crippen molar-refractivity contribution in [3.05, 3.63) is 91.1 Å². The average Bonchev–Trinajstić information content (AvgIpc) is 3.30. The predicted molar refractivity (Wildman–Crippen MR) is 153 cm³/mol. The summed E-state index contributed by atoms with van der Waals surface area (Å²) in [5.74, 6) is -0.265. The molecule has 1 saturated heterocycles. The van der Waals surface area contributed by atoms with Crippen LogP contribution in [-0.2, 0) is 11.8 Å². The summed E-state index contributed by atoms with van der Waals surface area (Å²) in [6.45, 7) is 3.58. The number of nitrogens with zero attached hydrogens (tertiary/aromatic N) is 5. The van der Waals surface area contributed by atoms with Crippen molar-refractivity contribution in [1.29, 1.82) is 0 Å². The maximum absolute atomic E-state index is 13.6. The molecule has 38 heavy (non-hydrogen) atoms. The van der Waals surface area contributed by atoms with E-state index in [0.29, 0.717) is 17.0 Å². The van der Waals surface area contributed by atoms with Crippen molar-refractivity contribution in [2.75, 3.05) is 23.4 Å². The van der Waals surface area contributed by atoms with Gasteiger partial charge in [0.25, 0.3) is 17.0 Å². The number of rotatable bonds is 6. The molecule has 0 bridgehead atoms. The van der Waals surface area contributed by atoms with Crippen LogP contribution in [0, 0.1) is 13.8 Å². The van der Waals surface area contributed by atoms with Crippen LogP contribution < -0.4 is 21.3 Å². The zero-order chi connectivity index (χ0) is 27.1. The Kier molecular flexibility index (Phi) is 6.78. The fourth-order valence-electron chi connectivity index (χ4n) is 4.35. The van der Waals surface area contributed by atoms with Gasteiger partial charge in [-0.2, -0.15) is 0 Å². The Bertz CT molecular complexity index is 1750. The van der Waals surface area contributed by atoms with Crippen LogP contribution in [0.4, 0.5) is 11.5 Å². The molecule has 2 N–H and O–H groups in total. The van der Waals surface area contributed by atoms with Crippen LogP contribution in [0.1, 0.15) is 16.8 Å². The number of aromatic nitrogens is 4. The van der Waals surface area contributed by atoms with Gasteiger partial charge >= 0.3 is 0 Å². The highest BCUT2D eigenvalue weighted by Gasteiger charge is 2.38. The fraction of sp³-hybridized carbons (Fsp3) is 0.192. The number of carbonyl (C=O) groups excluding carboxylic acids is 1. The van der Waals surface area contributed by atoms with Gasteiger partial charge in [0.2, 0.25) is 0 Å². The Labute approximate surface area is 226 Å². The fourth-order valence-corrected chi connectivity index (χ4v) is 5.61. The zero-order valence-corrected chi connectivity index (χ0v) is 22.5. The van der Waals surface area contributed by atoms with E-state index in [4.69, 9.17) is 12.2 Å². The number of para-hydroxylation sites is 1. The minimum absolute atomic E-state index is 0.147. The molecule has 0 spiro atoms. The van der Waals surface area contributed by atoms with Gasteiger partial charge in [0.05, 0.1) is 28.5 Å². The molecule has 0 unspecified atom stereocenters. The standard InChI is InChI=1S/C26H24N6O4S2/c1-15-8-7-12-30-22(15)28-21(27-11-13-33)18(23(30)34)14-19-24(35)31(26(37)38-19)20-16(2)29(3)32(25(20)36)17-9-5-4-6-10-17/h4-10,12,14,27,33H,11,13H2,1-3H3/b19-14+. The molecule has 12 heteroatoms. The number of benzene rings is 1. The van der Waals surface area contributed by atoms with E-state index in [1.165, 1.54) is 20.1 Å². The van der Waals surface area contributed by atoms with E-state index in [0.717, 1.165) is 17.3 Å². The zero-order valence-electron chi connectivity index (χ0n) is 20.8. The maximum atomic E-state index is 13.6. The number of nitrogens with one attached hydrogen (secondary N) is 1. The number of thioether (sulfide) groups is 1. The first-order valence-corrected chi connectivity index (χ1v) is 13.0. The van der Waals surface area contributed by atoms with Crippen molar-refractivity contribution in [3.63, 3.8) is 0 Å². The van der Waals surface area contributed by atoms with Crippen LogP contribution in [0.2, 0.25) is 0 Å². The number of hydrogen-bond acceptors (Lipinski definition) is 8. The molecule has 4 aromatic rings. The first-order chi connectivity index (χ1) is 18.2. The Morgan fingerprint density at radius 2 is 1.82 bits per heavy atom. The molecule has 0 aliphatic carbocycles. The maximum Gasteiger partial charge on any atom is 0.296 e. The van der Waals surface area contributed by atoms with E-state index in [-0.39, 0.29) is 50.6 Å². The predicted octanol–water partition coefficient (Wildman–Crippen LogP) is 2.61. The van der Waals surface area contributed by atoms with Crippen LogP contribution in [0.5, 0.6) is 0 Å². The van der Waals surface area contributed by atoms with Gasteiger partial charge in [-0.25, -0.2) is 9.67 Å². The minimum Gasteiger partial charge on any atom is -0.395 e. The summed E-state index contributed by atoms with van der Waals surface area (Å²) in [4.78, 5) is 46.6. The normalized spacial score (nSPS) is 14.7. The third-order valence-corrected chi connectivity index (χ3v) is 7.61. The first-order valence-electron chi connectivity index (χ1n) is 11.7. The van der Waals surface area contributed by atoms with Crippen molar-refractivity contribution in [2.24, 2.45) is 7.05 Å². The van der Waals surface area contributed by atoms with Gasteiger partial charge in [-0.3, -0.25) is 28.4 Å². The molecular formula is C26H24N6O4S2. The smallest absolute Gasteiger partial charge is 0.296 e. The number of fused-ring (bicyclic) bond motifs is 1. The second-order valence-electron chi connectivity index (χ2n) is 8.64. The second-order valence-corrected chi connectivity index (χ2v) is 10.3. The molecule has 1 fully saturated rings. The molecule has 0 atom stereocenters. The Morgan fingerprint density at radius 1 is 1.08 bits per heavy atom. The third kappa shape index (κ3) is 4.16. The topological polar surface area (TPSA) is 114 Å². The summed E-state index contributed by atoms with van der Waals surface area (Å²) in [5, 5.41) is 12.3. The quantitative estimate of drug-likeness (QED) is 0.279. The Hall–Kier alpha value is -4.00. The lowest BCUT2D eigenvalue weighted by atomic mass is 10.2. The Balaban J connectivity index is 1.63. The monoisotopic (exact) mass is 548 g/mol. The average molecular weight is 549 g/mol. The molecule has 0 saturated carbocycles. The summed E-state index contributed by atoms with van der Waals surface area (Å²) in [6.07, 6.45) is 3.05. The molecule has 0 radical (unpaired) electrons. The highest BCUT2D eigenvalue weighted by atomic mass is 32.2. The summed E-state index contributed by atoms with van der Waals surface area (Å²) >= 11 is 6.54. The highest BCUT2D eigenvalue weighted by Crippen LogP contribution is 2.36. The summed E-state index contributed by atoms with van der Waals surface area (Å²) in [7, 11) is 1.74. The van der Waals surface area contributed by atoms with Crippen molar-refractivity contribution >= 4 is 57.4 Å². The lowest BCUT2D eigenvalue weighted by Gasteiger charge is -2.13. The third-order valence-electron chi connectivity index (χ3n) is 6.31. The van der Waals surface area contributed by atoms with Crippen molar-refractivity contribution < 1.29 is 9.90 Å². The molecule has 194 valence electrons.